The van der Waals surface area contributed by atoms with Gasteiger partial charge in [-0.1, -0.05) is 13.8 Å². The number of aromatic nitrogens is 2. The van der Waals surface area contributed by atoms with Crippen LogP contribution in [0.25, 0.3) is 0 Å². The zero-order chi connectivity index (χ0) is 12.6. The van der Waals surface area contributed by atoms with E-state index < -0.39 is 0 Å². The van der Waals surface area contributed by atoms with Gasteiger partial charge in [-0.05, 0) is 50.6 Å². The predicted octanol–water partition coefficient (Wildman–Crippen LogP) is 3.10. The van der Waals surface area contributed by atoms with E-state index in [9.17, 15) is 0 Å². The van der Waals surface area contributed by atoms with Gasteiger partial charge in [-0.15, -0.1) is 0 Å². The second-order valence-corrected chi connectivity index (χ2v) is 6.81. The van der Waals surface area contributed by atoms with Crippen molar-refractivity contribution in [1.29, 1.82) is 0 Å². The lowest BCUT2D eigenvalue weighted by molar-refractivity contribution is 0.350. The molecule has 1 atom stereocenters. The first-order valence-electron chi connectivity index (χ1n) is 7.38. The number of hydrogen-bond donors (Lipinski definition) is 1. The molecule has 3 heteroatoms. The van der Waals surface area contributed by atoms with Crippen molar-refractivity contribution in [3.63, 3.8) is 0 Å². The topological polar surface area (TPSA) is 29.9 Å². The quantitative estimate of drug-likeness (QED) is 0.870. The summed E-state index contributed by atoms with van der Waals surface area (Å²) >= 11 is 0. The molecule has 1 aliphatic heterocycles. The maximum absolute atomic E-state index is 4.43. The molecule has 2 fully saturated rings. The molecule has 2 heterocycles. The van der Waals surface area contributed by atoms with Crippen LogP contribution in [0.1, 0.15) is 63.6 Å². The molecule has 100 valence electrons. The molecule has 1 aromatic heterocycles. The van der Waals surface area contributed by atoms with Crippen LogP contribution >= 0.6 is 0 Å². The van der Waals surface area contributed by atoms with Crippen molar-refractivity contribution in [2.45, 2.75) is 57.9 Å². The van der Waals surface area contributed by atoms with Crippen molar-refractivity contribution in [3.8, 4) is 0 Å². The Hall–Kier alpha value is -0.830. The molecule has 0 radical (unpaired) electrons. The van der Waals surface area contributed by atoms with Crippen LogP contribution in [0, 0.1) is 5.41 Å². The zero-order valence-electron chi connectivity index (χ0n) is 11.7. The third kappa shape index (κ3) is 2.33. The van der Waals surface area contributed by atoms with Crippen molar-refractivity contribution in [1.82, 2.24) is 14.9 Å². The summed E-state index contributed by atoms with van der Waals surface area (Å²) in [6.07, 6.45) is 10.7. The highest BCUT2D eigenvalue weighted by Gasteiger charge is 2.33. The highest BCUT2D eigenvalue weighted by molar-refractivity contribution is 5.10. The van der Waals surface area contributed by atoms with Crippen LogP contribution in [0.2, 0.25) is 0 Å². The third-order valence-electron chi connectivity index (χ3n) is 4.79. The number of hydrogen-bond acceptors (Lipinski definition) is 2. The Bertz CT molecular complexity index is 402. The van der Waals surface area contributed by atoms with Crippen LogP contribution < -0.4 is 5.32 Å². The average molecular weight is 247 g/mol. The fourth-order valence-corrected chi connectivity index (χ4v) is 3.69. The number of nitrogens with zero attached hydrogens (tertiary/aromatic N) is 2. The maximum atomic E-state index is 4.43. The standard InChI is InChI=1S/C15H25N3/c1-15(2)6-3-13(9-15)18-11-17-10-14(18)12-4-7-16-8-5-12/h10-13,16H,3-9H2,1-2H3. The Morgan fingerprint density at radius 3 is 2.72 bits per heavy atom. The maximum Gasteiger partial charge on any atom is 0.0950 e. The van der Waals surface area contributed by atoms with Crippen LogP contribution in [0.15, 0.2) is 12.5 Å². The van der Waals surface area contributed by atoms with Crippen molar-refractivity contribution in [2.75, 3.05) is 13.1 Å². The van der Waals surface area contributed by atoms with E-state index in [0.29, 0.717) is 11.5 Å². The molecule has 0 amide bonds. The van der Waals surface area contributed by atoms with Crippen molar-refractivity contribution in [2.24, 2.45) is 5.41 Å². The second kappa shape index (κ2) is 4.69. The SMILES string of the molecule is CC1(C)CCC(n2cncc2C2CCNCC2)C1. The highest BCUT2D eigenvalue weighted by Crippen LogP contribution is 2.44. The fraction of sp³-hybridized carbons (Fsp3) is 0.800. The first-order valence-corrected chi connectivity index (χ1v) is 7.38. The van der Waals surface area contributed by atoms with Gasteiger partial charge in [-0.25, -0.2) is 4.98 Å². The van der Waals surface area contributed by atoms with Crippen LogP contribution in [-0.4, -0.2) is 22.6 Å². The molecule has 2 aliphatic rings. The van der Waals surface area contributed by atoms with E-state index in [2.05, 4.69) is 41.2 Å². The Kier molecular flexibility index (Phi) is 3.18. The van der Waals surface area contributed by atoms with Gasteiger partial charge in [0, 0.05) is 23.9 Å². The van der Waals surface area contributed by atoms with E-state index in [1.165, 1.54) is 37.8 Å². The lowest BCUT2D eigenvalue weighted by Crippen LogP contribution is -2.28. The number of imidazole rings is 1. The molecule has 1 aliphatic carbocycles. The Morgan fingerprint density at radius 1 is 1.28 bits per heavy atom. The largest absolute Gasteiger partial charge is 0.331 e. The van der Waals surface area contributed by atoms with Crippen LogP contribution in [0.5, 0.6) is 0 Å². The summed E-state index contributed by atoms with van der Waals surface area (Å²) in [7, 11) is 0. The van der Waals surface area contributed by atoms with Gasteiger partial charge in [0.2, 0.25) is 0 Å². The van der Waals surface area contributed by atoms with Crippen LogP contribution in [0.4, 0.5) is 0 Å². The van der Waals surface area contributed by atoms with Crippen molar-refractivity contribution in [3.05, 3.63) is 18.2 Å². The first-order chi connectivity index (χ1) is 8.66. The summed E-state index contributed by atoms with van der Waals surface area (Å²) in [5.74, 6) is 0.720. The van der Waals surface area contributed by atoms with Gasteiger partial charge in [0.1, 0.15) is 0 Å². The molecule has 0 aromatic carbocycles. The van der Waals surface area contributed by atoms with Gasteiger partial charge in [0.25, 0.3) is 0 Å². The van der Waals surface area contributed by atoms with E-state index in [1.54, 1.807) is 0 Å². The molecule has 1 aromatic rings. The summed E-state index contributed by atoms with van der Waals surface area (Å²) < 4.78 is 2.49. The first kappa shape index (κ1) is 12.2. The predicted molar refractivity (Wildman–Crippen MR) is 73.7 cm³/mol. The van der Waals surface area contributed by atoms with E-state index in [4.69, 9.17) is 0 Å². The monoisotopic (exact) mass is 247 g/mol. The van der Waals surface area contributed by atoms with Gasteiger partial charge >= 0.3 is 0 Å². The van der Waals surface area contributed by atoms with Gasteiger partial charge in [0.15, 0.2) is 0 Å². The zero-order valence-corrected chi connectivity index (χ0v) is 11.7. The molecular formula is C15H25N3. The van der Waals surface area contributed by atoms with Gasteiger partial charge in [0.05, 0.1) is 6.33 Å². The van der Waals surface area contributed by atoms with E-state index >= 15 is 0 Å². The molecule has 1 unspecified atom stereocenters. The molecule has 3 rings (SSSR count). The molecular weight excluding hydrogens is 222 g/mol. The average Bonchev–Trinajstić information content (AvgIpc) is 2.96. The Balaban J connectivity index is 1.79. The van der Waals surface area contributed by atoms with Crippen molar-refractivity contribution >= 4 is 0 Å². The summed E-state index contributed by atoms with van der Waals surface area (Å²) in [6.45, 7) is 7.11. The van der Waals surface area contributed by atoms with Crippen molar-refractivity contribution < 1.29 is 0 Å². The van der Waals surface area contributed by atoms with Gasteiger partial charge in [-0.2, -0.15) is 0 Å². The lowest BCUT2D eigenvalue weighted by atomic mass is 9.91. The summed E-state index contributed by atoms with van der Waals surface area (Å²) in [4.78, 5) is 4.43. The fourth-order valence-electron chi connectivity index (χ4n) is 3.69. The van der Waals surface area contributed by atoms with E-state index in [1.807, 2.05) is 0 Å². The minimum atomic E-state index is 0.514. The molecule has 0 bridgehead atoms. The van der Waals surface area contributed by atoms with E-state index in [-0.39, 0.29) is 0 Å². The molecule has 1 saturated heterocycles. The van der Waals surface area contributed by atoms with Crippen LogP contribution in [0.3, 0.4) is 0 Å². The summed E-state index contributed by atoms with van der Waals surface area (Å²) in [5.41, 5.74) is 2.00. The lowest BCUT2D eigenvalue weighted by Gasteiger charge is -2.26. The van der Waals surface area contributed by atoms with Gasteiger partial charge in [-0.3, -0.25) is 0 Å². The van der Waals surface area contributed by atoms with Gasteiger partial charge < -0.3 is 9.88 Å². The molecule has 1 saturated carbocycles. The van der Waals surface area contributed by atoms with E-state index in [0.717, 1.165) is 19.0 Å². The third-order valence-corrected chi connectivity index (χ3v) is 4.79. The van der Waals surface area contributed by atoms with Crippen LogP contribution in [-0.2, 0) is 0 Å². The minimum absolute atomic E-state index is 0.514. The highest BCUT2D eigenvalue weighted by atomic mass is 15.1. The molecule has 18 heavy (non-hydrogen) atoms. The Labute approximate surface area is 110 Å². The molecule has 0 spiro atoms. The summed E-state index contributed by atoms with van der Waals surface area (Å²) in [6, 6.07) is 0.687. The molecule has 1 N–H and O–H groups in total. The number of piperidine rings is 1. The molecule has 3 nitrogen and oxygen atoms in total. The number of nitrogens with one attached hydrogen (secondary N) is 1. The Morgan fingerprint density at radius 2 is 2.06 bits per heavy atom. The minimum Gasteiger partial charge on any atom is -0.331 e. The smallest absolute Gasteiger partial charge is 0.0950 e. The normalized spacial score (nSPS) is 28.7. The second-order valence-electron chi connectivity index (χ2n) is 6.81. The number of rotatable bonds is 2. The summed E-state index contributed by atoms with van der Waals surface area (Å²) in [5, 5.41) is 3.45.